The number of pyridine rings is 1. The Labute approximate surface area is 141 Å². The van der Waals surface area contributed by atoms with Gasteiger partial charge < -0.3 is 9.30 Å². The average molecular weight is 384 g/mol. The topological polar surface area (TPSA) is 31.2 Å². The Bertz CT molecular complexity index is 787. The smallest absolute Gasteiger partial charge is 0.268 e. The number of rotatable bonds is 6. The summed E-state index contributed by atoms with van der Waals surface area (Å²) in [7, 11) is 0. The Kier molecular flexibility index (Phi) is 5.71. The van der Waals surface area contributed by atoms with Crippen molar-refractivity contribution in [2.75, 3.05) is 0 Å². The van der Waals surface area contributed by atoms with Crippen LogP contribution in [0.5, 0.6) is 5.75 Å². The van der Waals surface area contributed by atoms with Gasteiger partial charge in [-0.3, -0.25) is 4.79 Å². The highest BCUT2D eigenvalue weighted by atomic mass is 79.9. The van der Waals surface area contributed by atoms with E-state index in [0.29, 0.717) is 18.7 Å². The van der Waals surface area contributed by atoms with E-state index in [1.165, 1.54) is 6.07 Å². The number of allylic oxidation sites excluding steroid dienone is 1. The fraction of sp³-hybridized carbons (Fsp3) is 0.235. The molecule has 23 heavy (non-hydrogen) atoms. The fourth-order valence-corrected chi connectivity index (χ4v) is 2.56. The first-order valence-electron chi connectivity index (χ1n) is 7.01. The molecule has 0 spiro atoms. The van der Waals surface area contributed by atoms with Gasteiger partial charge in [0.05, 0.1) is 0 Å². The molecule has 0 amide bonds. The van der Waals surface area contributed by atoms with Crippen LogP contribution >= 0.6 is 15.9 Å². The van der Waals surface area contributed by atoms with Crippen LogP contribution in [0.25, 0.3) is 0 Å². The lowest BCUT2D eigenvalue weighted by Crippen LogP contribution is -2.23. The van der Waals surface area contributed by atoms with Gasteiger partial charge in [0.15, 0.2) is 0 Å². The Morgan fingerprint density at radius 1 is 1.35 bits per heavy atom. The number of nitrogens with zero attached hydrogens (tertiary/aromatic N) is 1. The molecule has 0 radical (unpaired) electrons. The van der Waals surface area contributed by atoms with Gasteiger partial charge in [-0.05, 0) is 41.4 Å². The number of hydrogen-bond acceptors (Lipinski definition) is 2. The van der Waals surface area contributed by atoms with Crippen LogP contribution in [0.2, 0.25) is 0 Å². The third-order valence-corrected chi connectivity index (χ3v) is 4.10. The summed E-state index contributed by atoms with van der Waals surface area (Å²) in [6, 6.07) is 4.98. The van der Waals surface area contributed by atoms with E-state index in [9.17, 15) is 13.6 Å². The summed E-state index contributed by atoms with van der Waals surface area (Å²) in [6.07, 6.45) is 2.41. The molecule has 0 N–H and O–H groups in total. The van der Waals surface area contributed by atoms with Gasteiger partial charge >= 0.3 is 0 Å². The van der Waals surface area contributed by atoms with Crippen LogP contribution in [0, 0.1) is 18.6 Å². The molecule has 1 aromatic heterocycles. The van der Waals surface area contributed by atoms with Crippen molar-refractivity contribution in [3.8, 4) is 5.75 Å². The lowest BCUT2D eigenvalue weighted by atomic mass is 10.2. The van der Waals surface area contributed by atoms with Crippen molar-refractivity contribution in [1.29, 1.82) is 0 Å². The molecule has 0 bridgehead atoms. The predicted molar refractivity (Wildman–Crippen MR) is 88.6 cm³/mol. The third-order valence-electron chi connectivity index (χ3n) is 3.37. The van der Waals surface area contributed by atoms with E-state index >= 15 is 0 Å². The Morgan fingerprint density at radius 2 is 2.09 bits per heavy atom. The molecule has 1 aromatic carbocycles. The molecule has 2 rings (SSSR count). The summed E-state index contributed by atoms with van der Waals surface area (Å²) < 4.78 is 33.9. The van der Waals surface area contributed by atoms with Crippen molar-refractivity contribution in [2.24, 2.45) is 0 Å². The Balaban J connectivity index is 2.23. The van der Waals surface area contributed by atoms with E-state index < -0.39 is 11.6 Å². The maximum atomic E-state index is 13.6. The second kappa shape index (κ2) is 7.55. The molecule has 1 heterocycles. The third kappa shape index (κ3) is 4.07. The summed E-state index contributed by atoms with van der Waals surface area (Å²) in [4.78, 5) is 12.3. The minimum Gasteiger partial charge on any atom is -0.487 e. The molecule has 122 valence electrons. The van der Waals surface area contributed by atoms with Crippen molar-refractivity contribution in [2.45, 2.75) is 26.5 Å². The highest BCUT2D eigenvalue weighted by Gasteiger charge is 2.13. The van der Waals surface area contributed by atoms with Gasteiger partial charge in [0, 0.05) is 29.9 Å². The van der Waals surface area contributed by atoms with Gasteiger partial charge in [0.25, 0.3) is 5.56 Å². The predicted octanol–water partition coefficient (Wildman–Crippen LogP) is 4.35. The van der Waals surface area contributed by atoms with E-state index in [1.807, 2.05) is 0 Å². The minimum absolute atomic E-state index is 0.0970. The molecule has 0 atom stereocenters. The molecule has 0 aliphatic rings. The second-order valence-electron chi connectivity index (χ2n) is 5.02. The maximum Gasteiger partial charge on any atom is 0.268 e. The quantitative estimate of drug-likeness (QED) is 0.694. The molecule has 6 heteroatoms. The fourth-order valence-electron chi connectivity index (χ4n) is 2.11. The van der Waals surface area contributed by atoms with Crippen molar-refractivity contribution in [3.63, 3.8) is 0 Å². The van der Waals surface area contributed by atoms with Gasteiger partial charge in [-0.2, -0.15) is 0 Å². The molecular formula is C17H16BrF2NO2. The van der Waals surface area contributed by atoms with Crippen LogP contribution in [0.4, 0.5) is 8.78 Å². The van der Waals surface area contributed by atoms with Gasteiger partial charge in [-0.25, -0.2) is 8.78 Å². The van der Waals surface area contributed by atoms with E-state index in [2.05, 4.69) is 22.5 Å². The first-order valence-corrected chi connectivity index (χ1v) is 7.81. The molecule has 0 saturated carbocycles. The highest BCUT2D eigenvalue weighted by molar-refractivity contribution is 9.10. The summed E-state index contributed by atoms with van der Waals surface area (Å²) in [6.45, 7) is 5.86. The summed E-state index contributed by atoms with van der Waals surface area (Å²) in [5, 5.41) is 0. The van der Waals surface area contributed by atoms with Crippen molar-refractivity contribution >= 4 is 15.9 Å². The number of hydrogen-bond donors (Lipinski definition) is 0. The monoisotopic (exact) mass is 383 g/mol. The molecule has 0 aliphatic carbocycles. The lowest BCUT2D eigenvalue weighted by Gasteiger charge is -2.14. The Hall–Kier alpha value is -1.95. The van der Waals surface area contributed by atoms with Crippen molar-refractivity contribution in [3.05, 3.63) is 74.6 Å². The van der Waals surface area contributed by atoms with Crippen molar-refractivity contribution < 1.29 is 13.5 Å². The Morgan fingerprint density at radius 3 is 2.74 bits per heavy atom. The summed E-state index contributed by atoms with van der Waals surface area (Å²) in [5.41, 5.74) is 0.725. The zero-order valence-corrected chi connectivity index (χ0v) is 14.2. The van der Waals surface area contributed by atoms with Crippen molar-refractivity contribution in [1.82, 2.24) is 4.57 Å². The standard InChI is InChI=1S/C17H16BrF2NO2/c1-3-4-7-21-11(2)8-15(16(18)17(21)22)23-10-12-5-6-13(19)9-14(12)20/h3,5-6,8-9H,1,4,7,10H2,2H3. The molecule has 0 fully saturated rings. The lowest BCUT2D eigenvalue weighted by molar-refractivity contribution is 0.295. The molecule has 0 unspecified atom stereocenters. The molecular weight excluding hydrogens is 368 g/mol. The van der Waals surface area contributed by atoms with Crippen LogP contribution < -0.4 is 10.3 Å². The highest BCUT2D eigenvalue weighted by Crippen LogP contribution is 2.24. The van der Waals surface area contributed by atoms with E-state index in [4.69, 9.17) is 4.74 Å². The van der Waals surface area contributed by atoms with Crippen LogP contribution in [-0.2, 0) is 13.2 Å². The van der Waals surface area contributed by atoms with Gasteiger partial charge in [-0.15, -0.1) is 6.58 Å². The van der Waals surface area contributed by atoms with Crippen LogP contribution in [0.3, 0.4) is 0 Å². The number of ether oxygens (including phenoxy) is 1. The molecule has 0 saturated heterocycles. The van der Waals surface area contributed by atoms with E-state index in [0.717, 1.165) is 17.8 Å². The number of aryl methyl sites for hydroxylation is 1. The molecule has 2 aromatic rings. The second-order valence-corrected chi connectivity index (χ2v) is 5.82. The van der Waals surface area contributed by atoms with Gasteiger partial charge in [0.1, 0.15) is 28.5 Å². The average Bonchev–Trinajstić information content (AvgIpc) is 2.51. The normalized spacial score (nSPS) is 10.6. The van der Waals surface area contributed by atoms with Crippen LogP contribution in [-0.4, -0.2) is 4.57 Å². The van der Waals surface area contributed by atoms with Crippen LogP contribution in [0.1, 0.15) is 17.7 Å². The number of benzene rings is 1. The number of aromatic nitrogens is 1. The zero-order chi connectivity index (χ0) is 17.0. The molecule has 3 nitrogen and oxygen atoms in total. The molecule has 0 aliphatic heterocycles. The first kappa shape index (κ1) is 17.4. The van der Waals surface area contributed by atoms with Gasteiger partial charge in [0.2, 0.25) is 0 Å². The van der Waals surface area contributed by atoms with Crippen LogP contribution in [0.15, 0.2) is 46.2 Å². The van der Waals surface area contributed by atoms with Gasteiger partial charge in [-0.1, -0.05) is 6.08 Å². The zero-order valence-electron chi connectivity index (χ0n) is 12.6. The van der Waals surface area contributed by atoms with E-state index in [1.54, 1.807) is 23.6 Å². The largest absolute Gasteiger partial charge is 0.487 e. The first-order chi connectivity index (χ1) is 10.9. The number of halogens is 3. The minimum atomic E-state index is -0.683. The SMILES string of the molecule is C=CCCn1c(C)cc(OCc2ccc(F)cc2F)c(Br)c1=O. The summed E-state index contributed by atoms with van der Waals surface area (Å²) in [5.74, 6) is -1.00. The summed E-state index contributed by atoms with van der Waals surface area (Å²) >= 11 is 3.22. The maximum absolute atomic E-state index is 13.6. The van der Waals surface area contributed by atoms with E-state index in [-0.39, 0.29) is 22.2 Å².